The lowest BCUT2D eigenvalue weighted by Crippen LogP contribution is -1.96. The van der Waals surface area contributed by atoms with Crippen molar-refractivity contribution in [3.8, 4) is 44.8 Å². The number of para-hydroxylation sites is 5. The molecule has 0 bridgehead atoms. The number of hydrogen-bond donors (Lipinski definition) is 0. The van der Waals surface area contributed by atoms with E-state index < -0.39 is 0 Å². The topological polar surface area (TPSA) is 23.0 Å². The summed E-state index contributed by atoms with van der Waals surface area (Å²) in [7, 11) is 0. The van der Waals surface area contributed by atoms with Crippen molar-refractivity contribution in [3.05, 3.63) is 206 Å². The van der Waals surface area contributed by atoms with Gasteiger partial charge >= 0.3 is 0 Å². The zero-order valence-corrected chi connectivity index (χ0v) is 30.9. The molecule has 3 aromatic heterocycles. The van der Waals surface area contributed by atoms with Crippen molar-refractivity contribution in [2.75, 3.05) is 0 Å². The number of benzene rings is 9. The van der Waals surface area contributed by atoms with Gasteiger partial charge in [0.2, 0.25) is 0 Å². The van der Waals surface area contributed by atoms with Crippen LogP contribution in [0.15, 0.2) is 211 Å². The van der Waals surface area contributed by atoms with Crippen LogP contribution in [0.1, 0.15) is 0 Å². The third kappa shape index (κ3) is 4.86. The van der Waals surface area contributed by atoms with E-state index in [1.54, 1.807) is 0 Å². The first-order valence-electron chi connectivity index (χ1n) is 19.5. The van der Waals surface area contributed by atoms with Crippen molar-refractivity contribution < 1.29 is 4.42 Å². The summed E-state index contributed by atoms with van der Waals surface area (Å²) in [6, 6.07) is 74.5. The molecular weight excluding hydrogens is 693 g/mol. The first-order valence-corrected chi connectivity index (χ1v) is 19.5. The minimum atomic E-state index is 0.916. The fourth-order valence-corrected chi connectivity index (χ4v) is 9.17. The largest absolute Gasteiger partial charge is 0.456 e. The van der Waals surface area contributed by atoms with E-state index in [-0.39, 0.29) is 0 Å². The van der Waals surface area contributed by atoms with E-state index in [4.69, 9.17) is 4.42 Å². The molecule has 3 heteroatoms. The average molecular weight is 727 g/mol. The van der Waals surface area contributed by atoms with Crippen LogP contribution in [0.4, 0.5) is 0 Å². The molecule has 0 atom stereocenters. The SMILES string of the molecule is c1ccc(-n2c3ccccc3c3c(-c4cccc5c6ccccc6n(-c6ccc(-c7ccc(-c8ccc9oc%10ccccc%10c9c8)cc7)cc6)c45)cccc32)cc1. The summed E-state index contributed by atoms with van der Waals surface area (Å²) in [5.74, 6) is 0. The summed E-state index contributed by atoms with van der Waals surface area (Å²) < 4.78 is 10.9. The maximum absolute atomic E-state index is 6.08. The molecule has 3 heterocycles. The zero-order chi connectivity index (χ0) is 37.5. The van der Waals surface area contributed by atoms with Crippen LogP contribution < -0.4 is 0 Å². The molecule has 0 amide bonds. The molecule has 0 unspecified atom stereocenters. The molecule has 9 aromatic carbocycles. The summed E-state index contributed by atoms with van der Waals surface area (Å²) in [6.45, 7) is 0. The lowest BCUT2D eigenvalue weighted by atomic mass is 9.97. The van der Waals surface area contributed by atoms with E-state index in [0.717, 1.165) is 33.3 Å². The van der Waals surface area contributed by atoms with Gasteiger partial charge in [0.15, 0.2) is 0 Å². The Hall–Kier alpha value is -7.62. The number of furan rings is 1. The quantitative estimate of drug-likeness (QED) is 0.173. The number of rotatable bonds is 5. The molecule has 12 rings (SSSR count). The molecule has 0 aliphatic rings. The Balaban J connectivity index is 0.981. The molecule has 0 saturated carbocycles. The molecular formula is C54H34N2O. The third-order valence-corrected chi connectivity index (χ3v) is 11.8. The van der Waals surface area contributed by atoms with Gasteiger partial charge in [-0.3, -0.25) is 0 Å². The molecule has 0 N–H and O–H groups in total. The van der Waals surface area contributed by atoms with Crippen molar-refractivity contribution >= 4 is 65.6 Å². The smallest absolute Gasteiger partial charge is 0.135 e. The normalized spacial score (nSPS) is 11.9. The van der Waals surface area contributed by atoms with Gasteiger partial charge in [-0.05, 0) is 88.5 Å². The summed E-state index contributed by atoms with van der Waals surface area (Å²) in [5.41, 5.74) is 16.1. The van der Waals surface area contributed by atoms with Crippen LogP contribution in [-0.2, 0) is 0 Å². The van der Waals surface area contributed by atoms with Crippen molar-refractivity contribution in [1.82, 2.24) is 9.13 Å². The predicted molar refractivity (Wildman–Crippen MR) is 239 cm³/mol. The van der Waals surface area contributed by atoms with Crippen molar-refractivity contribution in [3.63, 3.8) is 0 Å². The second-order valence-corrected chi connectivity index (χ2v) is 14.9. The molecule has 57 heavy (non-hydrogen) atoms. The lowest BCUT2D eigenvalue weighted by molar-refractivity contribution is 0.669. The van der Waals surface area contributed by atoms with E-state index in [0.29, 0.717) is 0 Å². The molecule has 0 saturated heterocycles. The Kier molecular flexibility index (Phi) is 6.93. The fraction of sp³-hybridized carbons (Fsp3) is 0. The molecule has 12 aromatic rings. The highest BCUT2D eigenvalue weighted by molar-refractivity contribution is 6.20. The van der Waals surface area contributed by atoms with Crippen molar-refractivity contribution in [1.29, 1.82) is 0 Å². The van der Waals surface area contributed by atoms with E-state index >= 15 is 0 Å². The van der Waals surface area contributed by atoms with E-state index in [1.165, 1.54) is 77.0 Å². The Morgan fingerprint density at radius 1 is 0.298 bits per heavy atom. The fourth-order valence-electron chi connectivity index (χ4n) is 9.17. The van der Waals surface area contributed by atoms with Gasteiger partial charge in [0.1, 0.15) is 11.2 Å². The molecule has 0 aliphatic heterocycles. The molecule has 266 valence electrons. The standard InChI is InChI=1S/C54H34N2O/c1-2-12-39(13-3-1)55-49-21-8-5-16-46(49)53-43(17-11-22-50(53)55)45-19-10-18-44-41-14-4-7-20-48(41)56(54(44)45)40-31-28-36(29-32-40)35-24-26-37(27-25-35)38-30-33-52-47(34-38)42-15-6-9-23-51(42)57-52/h1-34H. The average Bonchev–Trinajstić information content (AvgIpc) is 3.94. The van der Waals surface area contributed by atoms with E-state index in [1.807, 2.05) is 12.1 Å². The summed E-state index contributed by atoms with van der Waals surface area (Å²) in [6.07, 6.45) is 0. The second kappa shape index (κ2) is 12.5. The second-order valence-electron chi connectivity index (χ2n) is 14.9. The monoisotopic (exact) mass is 726 g/mol. The molecule has 3 nitrogen and oxygen atoms in total. The van der Waals surface area contributed by atoms with Gasteiger partial charge in [0, 0.05) is 49.3 Å². The molecule has 0 fully saturated rings. The first-order chi connectivity index (χ1) is 28.3. The van der Waals surface area contributed by atoms with Gasteiger partial charge in [-0.25, -0.2) is 0 Å². The van der Waals surface area contributed by atoms with Crippen LogP contribution in [0.3, 0.4) is 0 Å². The predicted octanol–water partition coefficient (Wildman–Crippen LogP) is 14.8. The van der Waals surface area contributed by atoms with Gasteiger partial charge in [-0.1, -0.05) is 146 Å². The van der Waals surface area contributed by atoms with E-state index in [2.05, 4.69) is 203 Å². The van der Waals surface area contributed by atoms with Gasteiger partial charge in [-0.2, -0.15) is 0 Å². The highest BCUT2D eigenvalue weighted by atomic mass is 16.3. The number of aromatic nitrogens is 2. The highest BCUT2D eigenvalue weighted by Crippen LogP contribution is 2.44. The van der Waals surface area contributed by atoms with Gasteiger partial charge < -0.3 is 13.6 Å². The number of hydrogen-bond acceptors (Lipinski definition) is 1. The minimum absolute atomic E-state index is 0.916. The maximum atomic E-state index is 6.08. The minimum Gasteiger partial charge on any atom is -0.456 e. The molecule has 0 aliphatic carbocycles. The Labute approximate surface area is 328 Å². The van der Waals surface area contributed by atoms with Crippen LogP contribution in [0.2, 0.25) is 0 Å². The van der Waals surface area contributed by atoms with Crippen LogP contribution in [0.5, 0.6) is 0 Å². The Morgan fingerprint density at radius 2 is 0.825 bits per heavy atom. The Morgan fingerprint density at radius 3 is 1.61 bits per heavy atom. The van der Waals surface area contributed by atoms with E-state index in [9.17, 15) is 0 Å². The lowest BCUT2D eigenvalue weighted by Gasteiger charge is -2.14. The number of nitrogens with zero attached hydrogens (tertiary/aromatic N) is 2. The Bertz CT molecular complexity index is 3490. The van der Waals surface area contributed by atoms with Crippen LogP contribution >= 0.6 is 0 Å². The highest BCUT2D eigenvalue weighted by Gasteiger charge is 2.21. The molecule has 0 radical (unpaired) electrons. The van der Waals surface area contributed by atoms with Crippen molar-refractivity contribution in [2.45, 2.75) is 0 Å². The first kappa shape index (κ1) is 31.7. The van der Waals surface area contributed by atoms with Gasteiger partial charge in [0.25, 0.3) is 0 Å². The molecule has 0 spiro atoms. The van der Waals surface area contributed by atoms with Crippen LogP contribution in [-0.4, -0.2) is 9.13 Å². The summed E-state index contributed by atoms with van der Waals surface area (Å²) in [4.78, 5) is 0. The summed E-state index contributed by atoms with van der Waals surface area (Å²) >= 11 is 0. The number of fused-ring (bicyclic) bond motifs is 9. The third-order valence-electron chi connectivity index (χ3n) is 11.8. The van der Waals surface area contributed by atoms with Crippen molar-refractivity contribution in [2.24, 2.45) is 0 Å². The summed E-state index contributed by atoms with van der Waals surface area (Å²) in [5, 5.41) is 7.29. The van der Waals surface area contributed by atoms with Crippen LogP contribution in [0.25, 0.3) is 110 Å². The maximum Gasteiger partial charge on any atom is 0.135 e. The van der Waals surface area contributed by atoms with Gasteiger partial charge in [0.05, 0.1) is 22.1 Å². The van der Waals surface area contributed by atoms with Gasteiger partial charge in [-0.15, -0.1) is 0 Å². The van der Waals surface area contributed by atoms with Crippen LogP contribution in [0, 0.1) is 0 Å². The zero-order valence-electron chi connectivity index (χ0n) is 30.9.